The second-order valence-corrected chi connectivity index (χ2v) is 8.22. The van der Waals surface area contributed by atoms with Crippen LogP contribution >= 0.6 is 0 Å². The molecular formula is C23H23F3N6. The van der Waals surface area contributed by atoms with Gasteiger partial charge in [0, 0.05) is 54.9 Å². The van der Waals surface area contributed by atoms with Gasteiger partial charge in [0.15, 0.2) is 0 Å². The van der Waals surface area contributed by atoms with E-state index >= 15 is 0 Å². The first-order valence-corrected chi connectivity index (χ1v) is 10.5. The van der Waals surface area contributed by atoms with E-state index in [0.717, 1.165) is 59.8 Å². The molecule has 0 amide bonds. The molecule has 0 bridgehead atoms. The standard InChI is InChI=1S/C23H23F3N6/c1-15-13-31(8-9-32(15)21-7-6-18(12-27-21)23(24,25)26)14-17-11-28-30-22(17)20-10-16-4-2-3-5-19(16)29-20/h2-7,10-12,15,29H,8-9,13-14H2,1H3,(H,28,30)/t15-/m1/s1. The number of aromatic nitrogens is 4. The number of hydrogen-bond donors (Lipinski definition) is 2. The Balaban J connectivity index is 1.28. The number of hydrogen-bond acceptors (Lipinski definition) is 4. The van der Waals surface area contributed by atoms with Crippen molar-refractivity contribution in [2.45, 2.75) is 25.7 Å². The predicted octanol–water partition coefficient (Wildman–Crippen LogP) is 4.68. The summed E-state index contributed by atoms with van der Waals surface area (Å²) in [5.74, 6) is 0.576. The molecule has 6 nitrogen and oxygen atoms in total. The van der Waals surface area contributed by atoms with Crippen LogP contribution in [0.1, 0.15) is 18.1 Å². The van der Waals surface area contributed by atoms with Gasteiger partial charge in [-0.1, -0.05) is 18.2 Å². The summed E-state index contributed by atoms with van der Waals surface area (Å²) in [6.07, 6.45) is -1.61. The van der Waals surface area contributed by atoms with Gasteiger partial charge in [-0.25, -0.2) is 4.98 Å². The van der Waals surface area contributed by atoms with E-state index in [2.05, 4.69) is 49.0 Å². The van der Waals surface area contributed by atoms with Crippen molar-refractivity contribution in [1.29, 1.82) is 0 Å². The predicted molar refractivity (Wildman–Crippen MR) is 117 cm³/mol. The van der Waals surface area contributed by atoms with Crippen LogP contribution in [0.2, 0.25) is 0 Å². The van der Waals surface area contributed by atoms with Crippen LogP contribution in [-0.2, 0) is 12.7 Å². The minimum Gasteiger partial charge on any atom is -0.353 e. The number of piperazine rings is 1. The highest BCUT2D eigenvalue weighted by molar-refractivity contribution is 5.85. The number of nitrogens with one attached hydrogen (secondary N) is 2. The summed E-state index contributed by atoms with van der Waals surface area (Å²) in [6.45, 7) is 5.06. The molecule has 3 aromatic heterocycles. The number of fused-ring (bicyclic) bond motifs is 1. The van der Waals surface area contributed by atoms with Crippen molar-refractivity contribution in [2.24, 2.45) is 0 Å². The summed E-state index contributed by atoms with van der Waals surface area (Å²) in [5.41, 5.74) is 3.43. The van der Waals surface area contributed by atoms with Crippen LogP contribution in [0.5, 0.6) is 0 Å². The molecule has 4 heterocycles. The Labute approximate surface area is 183 Å². The van der Waals surface area contributed by atoms with Gasteiger partial charge < -0.3 is 9.88 Å². The zero-order valence-corrected chi connectivity index (χ0v) is 17.5. The van der Waals surface area contributed by atoms with Crippen molar-refractivity contribution < 1.29 is 13.2 Å². The largest absolute Gasteiger partial charge is 0.417 e. The highest BCUT2D eigenvalue weighted by atomic mass is 19.4. The highest BCUT2D eigenvalue weighted by Gasteiger charge is 2.32. The van der Waals surface area contributed by atoms with Gasteiger partial charge in [-0.15, -0.1) is 0 Å². The van der Waals surface area contributed by atoms with Crippen molar-refractivity contribution in [1.82, 2.24) is 25.1 Å². The SMILES string of the molecule is C[C@@H]1CN(Cc2cn[nH]c2-c2cc3ccccc3[nH]2)CCN1c1ccc(C(F)(F)F)cn1. The first-order valence-electron chi connectivity index (χ1n) is 10.5. The summed E-state index contributed by atoms with van der Waals surface area (Å²) >= 11 is 0. The molecule has 1 fully saturated rings. The molecule has 2 N–H and O–H groups in total. The van der Waals surface area contributed by atoms with Gasteiger partial charge >= 0.3 is 6.18 Å². The lowest BCUT2D eigenvalue weighted by Crippen LogP contribution is -2.51. The Morgan fingerprint density at radius 1 is 1.09 bits per heavy atom. The zero-order chi connectivity index (χ0) is 22.3. The molecule has 4 aromatic rings. The van der Waals surface area contributed by atoms with E-state index in [-0.39, 0.29) is 6.04 Å². The number of pyridine rings is 1. The summed E-state index contributed by atoms with van der Waals surface area (Å²) in [6, 6.07) is 12.9. The van der Waals surface area contributed by atoms with Gasteiger partial charge in [-0.2, -0.15) is 18.3 Å². The fraction of sp³-hybridized carbons (Fsp3) is 0.304. The second-order valence-electron chi connectivity index (χ2n) is 8.22. The molecule has 1 atom stereocenters. The van der Waals surface area contributed by atoms with E-state index in [0.29, 0.717) is 12.4 Å². The topological polar surface area (TPSA) is 63.8 Å². The lowest BCUT2D eigenvalue weighted by molar-refractivity contribution is -0.137. The van der Waals surface area contributed by atoms with E-state index in [9.17, 15) is 13.2 Å². The van der Waals surface area contributed by atoms with Gasteiger partial charge in [-0.05, 0) is 31.2 Å². The number of nitrogens with zero attached hydrogens (tertiary/aromatic N) is 4. The molecular weight excluding hydrogens is 417 g/mol. The minimum absolute atomic E-state index is 0.122. The van der Waals surface area contributed by atoms with Crippen LogP contribution in [0.25, 0.3) is 22.3 Å². The third kappa shape index (κ3) is 3.95. The van der Waals surface area contributed by atoms with Crippen LogP contribution in [0.4, 0.5) is 19.0 Å². The zero-order valence-electron chi connectivity index (χ0n) is 17.5. The maximum atomic E-state index is 12.8. The van der Waals surface area contributed by atoms with Gasteiger partial charge in [0.25, 0.3) is 0 Å². The second kappa shape index (κ2) is 7.98. The van der Waals surface area contributed by atoms with Gasteiger partial charge in [0.2, 0.25) is 0 Å². The monoisotopic (exact) mass is 440 g/mol. The van der Waals surface area contributed by atoms with Crippen molar-refractivity contribution in [2.75, 3.05) is 24.5 Å². The number of para-hydroxylation sites is 1. The number of anilines is 1. The summed E-state index contributed by atoms with van der Waals surface area (Å²) in [7, 11) is 0. The van der Waals surface area contributed by atoms with E-state index in [4.69, 9.17) is 0 Å². The van der Waals surface area contributed by atoms with Gasteiger partial charge in [0.1, 0.15) is 5.82 Å². The van der Waals surface area contributed by atoms with Gasteiger partial charge in [-0.3, -0.25) is 10.00 Å². The Kier molecular flexibility index (Phi) is 5.13. The first-order chi connectivity index (χ1) is 15.4. The number of H-pyrrole nitrogens is 2. The lowest BCUT2D eigenvalue weighted by atomic mass is 10.1. The number of aromatic amines is 2. The van der Waals surface area contributed by atoms with E-state index in [1.807, 2.05) is 24.4 Å². The average Bonchev–Trinajstić information content (AvgIpc) is 3.40. The maximum Gasteiger partial charge on any atom is 0.417 e. The fourth-order valence-electron chi connectivity index (χ4n) is 4.35. The van der Waals surface area contributed by atoms with Crippen LogP contribution in [-0.4, -0.2) is 50.7 Å². The highest BCUT2D eigenvalue weighted by Crippen LogP contribution is 2.30. The van der Waals surface area contributed by atoms with E-state index in [1.165, 1.54) is 6.07 Å². The molecule has 0 aliphatic carbocycles. The van der Waals surface area contributed by atoms with Gasteiger partial charge in [0.05, 0.1) is 23.1 Å². The first kappa shape index (κ1) is 20.6. The Hall–Kier alpha value is -3.33. The van der Waals surface area contributed by atoms with Crippen LogP contribution < -0.4 is 4.90 Å². The Morgan fingerprint density at radius 3 is 2.66 bits per heavy atom. The van der Waals surface area contributed by atoms with Crippen molar-refractivity contribution in [3.8, 4) is 11.4 Å². The van der Waals surface area contributed by atoms with E-state index in [1.54, 1.807) is 0 Å². The Morgan fingerprint density at radius 2 is 1.94 bits per heavy atom. The summed E-state index contributed by atoms with van der Waals surface area (Å²) in [4.78, 5) is 11.9. The molecule has 0 unspecified atom stereocenters. The third-order valence-corrected chi connectivity index (χ3v) is 5.99. The third-order valence-electron chi connectivity index (χ3n) is 5.99. The molecule has 0 saturated carbocycles. The maximum absolute atomic E-state index is 12.8. The number of rotatable bonds is 4. The molecule has 1 aliphatic rings. The molecule has 32 heavy (non-hydrogen) atoms. The van der Waals surface area contributed by atoms with Crippen LogP contribution in [0, 0.1) is 0 Å². The summed E-state index contributed by atoms with van der Waals surface area (Å²) in [5, 5.41) is 8.52. The summed E-state index contributed by atoms with van der Waals surface area (Å²) < 4.78 is 38.4. The van der Waals surface area contributed by atoms with Crippen molar-refractivity contribution >= 4 is 16.7 Å². The lowest BCUT2D eigenvalue weighted by Gasteiger charge is -2.40. The van der Waals surface area contributed by atoms with Crippen LogP contribution in [0.3, 0.4) is 0 Å². The smallest absolute Gasteiger partial charge is 0.353 e. The van der Waals surface area contributed by atoms with Crippen molar-refractivity contribution in [3.05, 3.63) is 66.0 Å². The normalized spacial score (nSPS) is 17.9. The van der Waals surface area contributed by atoms with Crippen molar-refractivity contribution in [3.63, 3.8) is 0 Å². The van der Waals surface area contributed by atoms with E-state index < -0.39 is 11.7 Å². The quantitative estimate of drug-likeness (QED) is 0.484. The molecule has 166 valence electrons. The molecule has 0 spiro atoms. The molecule has 1 saturated heterocycles. The molecule has 0 radical (unpaired) electrons. The number of benzene rings is 1. The molecule has 5 rings (SSSR count). The number of alkyl halides is 3. The average molecular weight is 440 g/mol. The molecule has 9 heteroatoms. The molecule has 1 aromatic carbocycles. The minimum atomic E-state index is -4.37. The van der Waals surface area contributed by atoms with Crippen LogP contribution in [0.15, 0.2) is 54.9 Å². The fourth-order valence-corrected chi connectivity index (χ4v) is 4.35. The molecule has 1 aliphatic heterocycles. The number of halogens is 3. The Bertz CT molecular complexity index is 1180.